The minimum atomic E-state index is 0.112. The maximum Gasteiger partial charge on any atom is 0.161 e. The normalized spacial score (nSPS) is 16.9. The van der Waals surface area contributed by atoms with Crippen molar-refractivity contribution in [1.29, 1.82) is 0 Å². The topological polar surface area (TPSA) is 23.6 Å². The maximum atomic E-state index is 11.8. The molecule has 1 saturated carbocycles. The zero-order valence-electron chi connectivity index (χ0n) is 12.7. The summed E-state index contributed by atoms with van der Waals surface area (Å²) >= 11 is 3.44. The molecule has 20 heavy (non-hydrogen) atoms. The van der Waals surface area contributed by atoms with Crippen molar-refractivity contribution in [3.63, 3.8) is 0 Å². The van der Waals surface area contributed by atoms with E-state index in [2.05, 4.69) is 46.9 Å². The van der Waals surface area contributed by atoms with Gasteiger partial charge < -0.3 is 9.80 Å². The summed E-state index contributed by atoms with van der Waals surface area (Å²) in [6, 6.07) is 5.95. The molecule has 3 nitrogen and oxygen atoms in total. The van der Waals surface area contributed by atoms with Crippen molar-refractivity contribution in [2.45, 2.75) is 31.7 Å². The summed E-state index contributed by atoms with van der Waals surface area (Å²) in [5, 5.41) is 0. The lowest BCUT2D eigenvalue weighted by Gasteiger charge is -2.49. The number of anilines is 1. The Morgan fingerprint density at radius 3 is 2.40 bits per heavy atom. The lowest BCUT2D eigenvalue weighted by atomic mass is 9.75. The van der Waals surface area contributed by atoms with Gasteiger partial charge in [0.15, 0.2) is 5.78 Å². The van der Waals surface area contributed by atoms with Gasteiger partial charge in [0.1, 0.15) is 0 Å². The molecular formula is C16H23BrN2O. The smallest absolute Gasteiger partial charge is 0.161 e. The van der Waals surface area contributed by atoms with Crippen molar-refractivity contribution in [2.75, 3.05) is 32.6 Å². The van der Waals surface area contributed by atoms with Gasteiger partial charge in [-0.1, -0.05) is 15.9 Å². The van der Waals surface area contributed by atoms with Crippen LogP contribution < -0.4 is 4.90 Å². The number of nitrogens with zero attached hydrogens (tertiary/aromatic N) is 2. The van der Waals surface area contributed by atoms with E-state index in [0.717, 1.165) is 22.3 Å². The molecule has 1 fully saturated rings. The monoisotopic (exact) mass is 338 g/mol. The number of rotatable bonds is 5. The predicted octanol–water partition coefficient (Wildman–Crippen LogP) is 3.57. The summed E-state index contributed by atoms with van der Waals surface area (Å²) in [4.78, 5) is 16.4. The van der Waals surface area contributed by atoms with Crippen LogP contribution in [0.3, 0.4) is 0 Å². The Hall–Kier alpha value is -0.870. The van der Waals surface area contributed by atoms with Crippen molar-refractivity contribution in [2.24, 2.45) is 0 Å². The second-order valence-corrected chi connectivity index (χ2v) is 6.96. The second kappa shape index (κ2) is 5.86. The van der Waals surface area contributed by atoms with Crippen molar-refractivity contribution >= 4 is 27.4 Å². The van der Waals surface area contributed by atoms with E-state index in [4.69, 9.17) is 0 Å². The molecule has 0 aromatic heterocycles. The second-order valence-electron chi connectivity index (χ2n) is 6.05. The van der Waals surface area contributed by atoms with Gasteiger partial charge in [0.2, 0.25) is 0 Å². The molecule has 4 heteroatoms. The Kier molecular flexibility index (Phi) is 4.55. The highest BCUT2D eigenvalue weighted by atomic mass is 79.9. The number of Topliss-reactive ketones (excluding diaryl/α,β-unsaturated/α-hetero) is 1. The molecule has 1 aromatic rings. The zero-order chi connectivity index (χ0) is 14.9. The highest BCUT2D eigenvalue weighted by Gasteiger charge is 2.40. The number of benzene rings is 1. The Labute approximate surface area is 130 Å². The quantitative estimate of drug-likeness (QED) is 0.766. The first kappa shape index (κ1) is 15.5. The minimum absolute atomic E-state index is 0.112. The fourth-order valence-corrected chi connectivity index (χ4v) is 3.34. The summed E-state index contributed by atoms with van der Waals surface area (Å²) < 4.78 is 0.950. The van der Waals surface area contributed by atoms with Crippen LogP contribution >= 0.6 is 15.9 Å². The molecule has 2 rings (SSSR count). The van der Waals surface area contributed by atoms with Crippen molar-refractivity contribution in [3.05, 3.63) is 28.2 Å². The van der Waals surface area contributed by atoms with E-state index in [1.807, 2.05) is 18.2 Å². The van der Waals surface area contributed by atoms with Gasteiger partial charge in [-0.15, -0.1) is 0 Å². The molecular weight excluding hydrogens is 316 g/mol. The number of hydrogen-bond acceptors (Lipinski definition) is 3. The average molecular weight is 339 g/mol. The molecule has 0 amide bonds. The summed E-state index contributed by atoms with van der Waals surface area (Å²) in [7, 11) is 6.39. The number of hydrogen-bond donors (Lipinski definition) is 0. The van der Waals surface area contributed by atoms with E-state index in [1.165, 1.54) is 19.3 Å². The third-order valence-electron chi connectivity index (χ3n) is 4.51. The predicted molar refractivity (Wildman–Crippen MR) is 87.7 cm³/mol. The van der Waals surface area contributed by atoms with Gasteiger partial charge in [0, 0.05) is 34.9 Å². The summed E-state index contributed by atoms with van der Waals surface area (Å²) in [6.07, 6.45) is 3.76. The van der Waals surface area contributed by atoms with Crippen molar-refractivity contribution in [1.82, 2.24) is 4.90 Å². The highest BCUT2D eigenvalue weighted by Crippen LogP contribution is 2.38. The van der Waals surface area contributed by atoms with Crippen LogP contribution in [0.25, 0.3) is 0 Å². The maximum absolute atomic E-state index is 11.8. The summed E-state index contributed by atoms with van der Waals surface area (Å²) in [5.74, 6) is 0.112. The van der Waals surface area contributed by atoms with E-state index in [1.54, 1.807) is 6.92 Å². The molecule has 0 atom stereocenters. The standard InChI is InChI=1S/C16H23BrN2O/c1-12(20)14-10-13(17)6-7-15(14)19(4)11-16(18(2)3)8-5-9-16/h6-7,10H,5,8-9,11H2,1-4H3. The lowest BCUT2D eigenvalue weighted by molar-refractivity contribution is 0.0682. The molecule has 0 bridgehead atoms. The van der Waals surface area contributed by atoms with E-state index in [-0.39, 0.29) is 11.3 Å². The fourth-order valence-electron chi connectivity index (χ4n) is 2.98. The van der Waals surface area contributed by atoms with Crippen LogP contribution in [-0.4, -0.2) is 43.9 Å². The zero-order valence-corrected chi connectivity index (χ0v) is 14.3. The first-order valence-corrected chi connectivity index (χ1v) is 7.84. The largest absolute Gasteiger partial charge is 0.372 e. The van der Waals surface area contributed by atoms with Crippen LogP contribution in [0.1, 0.15) is 36.5 Å². The molecule has 0 radical (unpaired) electrons. The van der Waals surface area contributed by atoms with Gasteiger partial charge in [0.25, 0.3) is 0 Å². The molecule has 0 spiro atoms. The van der Waals surface area contributed by atoms with Gasteiger partial charge in [-0.2, -0.15) is 0 Å². The third kappa shape index (κ3) is 2.91. The Morgan fingerprint density at radius 2 is 1.95 bits per heavy atom. The minimum Gasteiger partial charge on any atom is -0.372 e. The molecule has 1 aliphatic rings. The van der Waals surface area contributed by atoms with E-state index in [9.17, 15) is 4.79 Å². The van der Waals surface area contributed by atoms with Crippen LogP contribution in [0, 0.1) is 0 Å². The first-order valence-electron chi connectivity index (χ1n) is 7.05. The first-order chi connectivity index (χ1) is 9.35. The molecule has 0 N–H and O–H groups in total. The number of carbonyl (C=O) groups excluding carboxylic acids is 1. The van der Waals surface area contributed by atoms with E-state index >= 15 is 0 Å². The van der Waals surface area contributed by atoms with Crippen LogP contribution in [0.5, 0.6) is 0 Å². The van der Waals surface area contributed by atoms with Gasteiger partial charge in [-0.05, 0) is 58.5 Å². The number of halogens is 1. The molecule has 110 valence electrons. The van der Waals surface area contributed by atoms with Gasteiger partial charge in [-0.3, -0.25) is 4.79 Å². The number of likely N-dealkylation sites (N-methyl/N-ethyl adjacent to an activating group) is 2. The SMILES string of the molecule is CC(=O)c1cc(Br)ccc1N(C)CC1(N(C)C)CCC1. The lowest BCUT2D eigenvalue weighted by Crippen LogP contribution is -2.56. The highest BCUT2D eigenvalue weighted by molar-refractivity contribution is 9.10. The Balaban J connectivity index is 2.25. The van der Waals surface area contributed by atoms with Crippen LogP contribution in [0.2, 0.25) is 0 Å². The Morgan fingerprint density at radius 1 is 1.30 bits per heavy atom. The third-order valence-corrected chi connectivity index (χ3v) is 5.01. The average Bonchev–Trinajstić information content (AvgIpc) is 2.32. The van der Waals surface area contributed by atoms with Gasteiger partial charge >= 0.3 is 0 Å². The molecule has 0 heterocycles. The fraction of sp³-hybridized carbons (Fsp3) is 0.562. The van der Waals surface area contributed by atoms with Crippen LogP contribution in [-0.2, 0) is 0 Å². The van der Waals surface area contributed by atoms with Crippen molar-refractivity contribution in [3.8, 4) is 0 Å². The Bertz CT molecular complexity index is 509. The van der Waals surface area contributed by atoms with E-state index in [0.29, 0.717) is 0 Å². The molecule has 1 aliphatic carbocycles. The van der Waals surface area contributed by atoms with E-state index < -0.39 is 0 Å². The summed E-state index contributed by atoms with van der Waals surface area (Å²) in [6.45, 7) is 2.59. The number of ketones is 1. The molecule has 0 unspecified atom stereocenters. The summed E-state index contributed by atoms with van der Waals surface area (Å²) in [5.41, 5.74) is 2.07. The van der Waals surface area contributed by atoms with Crippen LogP contribution in [0.4, 0.5) is 5.69 Å². The van der Waals surface area contributed by atoms with Crippen molar-refractivity contribution < 1.29 is 4.79 Å². The number of carbonyl (C=O) groups is 1. The van der Waals surface area contributed by atoms with Crippen LogP contribution in [0.15, 0.2) is 22.7 Å². The molecule has 0 saturated heterocycles. The molecule has 1 aromatic carbocycles. The molecule has 0 aliphatic heterocycles. The van der Waals surface area contributed by atoms with Gasteiger partial charge in [0.05, 0.1) is 0 Å². The van der Waals surface area contributed by atoms with Gasteiger partial charge in [-0.25, -0.2) is 0 Å².